The molecule has 0 spiro atoms. The summed E-state index contributed by atoms with van der Waals surface area (Å²) in [6.45, 7) is 1.98. The fourth-order valence-electron chi connectivity index (χ4n) is 1.51. The minimum atomic E-state index is 0. The van der Waals surface area contributed by atoms with E-state index in [0.717, 1.165) is 18.0 Å². The van der Waals surface area contributed by atoms with Crippen LogP contribution in [0.25, 0.3) is 0 Å². The molecule has 0 saturated heterocycles. The van der Waals surface area contributed by atoms with Crippen LogP contribution in [0.3, 0.4) is 0 Å². The number of halogens is 1. The lowest BCUT2D eigenvalue weighted by Crippen LogP contribution is -2.30. The lowest BCUT2D eigenvalue weighted by Gasteiger charge is -2.07. The Labute approximate surface area is 126 Å². The standard InChI is InChI=1S/C14H22N2O3.ClH/c1-15-9-10-16-14(17)4-3-11-19-13-7-5-12(18-2)6-8-13;/h5-8,15H,3-4,9-11H2,1-2H3,(H,16,17);1H. The Bertz CT molecular complexity index is 371. The highest BCUT2D eigenvalue weighted by molar-refractivity contribution is 5.85. The van der Waals surface area contributed by atoms with Crippen LogP contribution in [0.1, 0.15) is 12.8 Å². The summed E-state index contributed by atoms with van der Waals surface area (Å²) >= 11 is 0. The van der Waals surface area contributed by atoms with Crippen molar-refractivity contribution in [2.45, 2.75) is 12.8 Å². The van der Waals surface area contributed by atoms with Crippen molar-refractivity contribution in [3.05, 3.63) is 24.3 Å². The first-order valence-electron chi connectivity index (χ1n) is 6.44. The summed E-state index contributed by atoms with van der Waals surface area (Å²) in [6, 6.07) is 7.40. The average Bonchev–Trinajstić information content (AvgIpc) is 2.44. The maximum atomic E-state index is 11.4. The van der Waals surface area contributed by atoms with Gasteiger partial charge in [-0.2, -0.15) is 0 Å². The SMILES string of the molecule is CNCCNC(=O)CCCOc1ccc(OC)cc1.Cl. The van der Waals surface area contributed by atoms with Gasteiger partial charge in [0.25, 0.3) is 0 Å². The molecule has 0 aliphatic carbocycles. The molecule has 0 fully saturated rings. The fraction of sp³-hybridized carbons (Fsp3) is 0.500. The first kappa shape index (κ1) is 18.5. The van der Waals surface area contributed by atoms with Crippen molar-refractivity contribution in [3.63, 3.8) is 0 Å². The Morgan fingerprint density at radius 3 is 2.40 bits per heavy atom. The van der Waals surface area contributed by atoms with Crippen molar-refractivity contribution in [1.29, 1.82) is 0 Å². The summed E-state index contributed by atoms with van der Waals surface area (Å²) in [4.78, 5) is 11.4. The number of carbonyl (C=O) groups is 1. The third-order valence-electron chi connectivity index (χ3n) is 2.57. The van der Waals surface area contributed by atoms with Crippen LogP contribution in [-0.2, 0) is 4.79 Å². The molecular formula is C14H23ClN2O3. The number of likely N-dealkylation sites (N-methyl/N-ethyl adjacent to an activating group) is 1. The van der Waals surface area contributed by atoms with Gasteiger partial charge in [-0.15, -0.1) is 12.4 Å². The molecule has 0 aliphatic rings. The molecular weight excluding hydrogens is 280 g/mol. The summed E-state index contributed by atoms with van der Waals surface area (Å²) in [5.74, 6) is 1.65. The summed E-state index contributed by atoms with van der Waals surface area (Å²) in [5, 5.41) is 5.80. The first-order valence-corrected chi connectivity index (χ1v) is 6.44. The number of benzene rings is 1. The van der Waals surface area contributed by atoms with E-state index < -0.39 is 0 Å². The van der Waals surface area contributed by atoms with E-state index >= 15 is 0 Å². The Morgan fingerprint density at radius 2 is 1.80 bits per heavy atom. The lowest BCUT2D eigenvalue weighted by molar-refractivity contribution is -0.121. The molecule has 0 aliphatic heterocycles. The van der Waals surface area contributed by atoms with Gasteiger partial charge >= 0.3 is 0 Å². The van der Waals surface area contributed by atoms with Crippen LogP contribution in [0.5, 0.6) is 11.5 Å². The van der Waals surface area contributed by atoms with Gasteiger partial charge in [-0.25, -0.2) is 0 Å². The molecule has 0 saturated carbocycles. The van der Waals surface area contributed by atoms with Gasteiger partial charge < -0.3 is 20.1 Å². The number of hydrogen-bond acceptors (Lipinski definition) is 4. The first-order chi connectivity index (χ1) is 9.26. The fourth-order valence-corrected chi connectivity index (χ4v) is 1.51. The molecule has 0 heterocycles. The molecule has 1 aromatic carbocycles. The molecule has 2 N–H and O–H groups in total. The maximum absolute atomic E-state index is 11.4. The lowest BCUT2D eigenvalue weighted by atomic mass is 10.3. The van der Waals surface area contributed by atoms with Crippen LogP contribution in [0, 0.1) is 0 Å². The Kier molecular flexibility index (Phi) is 10.5. The molecule has 1 aromatic rings. The quantitative estimate of drug-likeness (QED) is 0.681. The van der Waals surface area contributed by atoms with Gasteiger partial charge in [-0.3, -0.25) is 4.79 Å². The second kappa shape index (κ2) is 11.4. The zero-order chi connectivity index (χ0) is 13.9. The van der Waals surface area contributed by atoms with Gasteiger partial charge in [0, 0.05) is 19.5 Å². The molecule has 5 nitrogen and oxygen atoms in total. The Morgan fingerprint density at radius 1 is 1.15 bits per heavy atom. The van der Waals surface area contributed by atoms with Gasteiger partial charge in [-0.1, -0.05) is 0 Å². The molecule has 0 unspecified atom stereocenters. The minimum Gasteiger partial charge on any atom is -0.497 e. The van der Waals surface area contributed by atoms with Crippen LogP contribution in [0.4, 0.5) is 0 Å². The average molecular weight is 303 g/mol. The zero-order valence-electron chi connectivity index (χ0n) is 12.0. The minimum absolute atomic E-state index is 0. The van der Waals surface area contributed by atoms with Crippen LogP contribution >= 0.6 is 12.4 Å². The molecule has 1 rings (SSSR count). The van der Waals surface area contributed by atoms with Gasteiger partial charge in [0.05, 0.1) is 13.7 Å². The monoisotopic (exact) mass is 302 g/mol. The molecule has 0 atom stereocenters. The normalized spacial score (nSPS) is 9.50. The number of methoxy groups -OCH3 is 1. The largest absolute Gasteiger partial charge is 0.497 e. The van der Waals surface area contributed by atoms with E-state index in [2.05, 4.69) is 10.6 Å². The van der Waals surface area contributed by atoms with E-state index in [1.165, 1.54) is 0 Å². The van der Waals surface area contributed by atoms with Crippen LogP contribution < -0.4 is 20.1 Å². The van der Waals surface area contributed by atoms with Gasteiger partial charge in [0.15, 0.2) is 0 Å². The highest BCUT2D eigenvalue weighted by Gasteiger charge is 2.00. The molecule has 0 radical (unpaired) electrons. The molecule has 0 bridgehead atoms. The van der Waals surface area contributed by atoms with E-state index in [9.17, 15) is 4.79 Å². The highest BCUT2D eigenvalue weighted by Crippen LogP contribution is 2.17. The molecule has 6 heteroatoms. The van der Waals surface area contributed by atoms with Crippen molar-refractivity contribution >= 4 is 18.3 Å². The van der Waals surface area contributed by atoms with Crippen molar-refractivity contribution < 1.29 is 14.3 Å². The molecule has 0 aromatic heterocycles. The molecule has 20 heavy (non-hydrogen) atoms. The maximum Gasteiger partial charge on any atom is 0.220 e. The van der Waals surface area contributed by atoms with Crippen molar-refractivity contribution in [2.75, 3.05) is 33.9 Å². The van der Waals surface area contributed by atoms with Crippen LogP contribution in [0.2, 0.25) is 0 Å². The smallest absolute Gasteiger partial charge is 0.220 e. The summed E-state index contributed by atoms with van der Waals surface area (Å²) in [7, 11) is 3.48. The molecule has 114 valence electrons. The number of nitrogens with one attached hydrogen (secondary N) is 2. The topological polar surface area (TPSA) is 59.6 Å². The van der Waals surface area contributed by atoms with E-state index in [1.807, 2.05) is 31.3 Å². The van der Waals surface area contributed by atoms with Crippen molar-refractivity contribution in [1.82, 2.24) is 10.6 Å². The van der Waals surface area contributed by atoms with Crippen molar-refractivity contribution in [3.8, 4) is 11.5 Å². The predicted octanol–water partition coefficient (Wildman–Crippen LogP) is 1.61. The van der Waals surface area contributed by atoms with Crippen molar-refractivity contribution in [2.24, 2.45) is 0 Å². The predicted molar refractivity (Wildman–Crippen MR) is 81.9 cm³/mol. The second-order valence-electron chi connectivity index (χ2n) is 4.08. The Hall–Kier alpha value is -1.46. The van der Waals surface area contributed by atoms with Gasteiger partial charge in [0.2, 0.25) is 5.91 Å². The number of amides is 1. The number of rotatable bonds is 9. The number of hydrogen-bond donors (Lipinski definition) is 2. The molecule has 1 amide bonds. The van der Waals surface area contributed by atoms with E-state index in [1.54, 1.807) is 7.11 Å². The van der Waals surface area contributed by atoms with Gasteiger partial charge in [-0.05, 0) is 37.7 Å². The van der Waals surface area contributed by atoms with Crippen LogP contribution in [-0.4, -0.2) is 39.8 Å². The zero-order valence-corrected chi connectivity index (χ0v) is 12.8. The summed E-state index contributed by atoms with van der Waals surface area (Å²) in [6.07, 6.45) is 1.19. The van der Waals surface area contributed by atoms with E-state index in [4.69, 9.17) is 9.47 Å². The van der Waals surface area contributed by atoms with E-state index in [-0.39, 0.29) is 18.3 Å². The van der Waals surface area contributed by atoms with Gasteiger partial charge in [0.1, 0.15) is 11.5 Å². The number of ether oxygens (including phenoxy) is 2. The Balaban J connectivity index is 0.00000361. The third kappa shape index (κ3) is 7.86. The third-order valence-corrected chi connectivity index (χ3v) is 2.57. The summed E-state index contributed by atoms with van der Waals surface area (Å²) in [5.41, 5.74) is 0. The summed E-state index contributed by atoms with van der Waals surface area (Å²) < 4.78 is 10.6. The highest BCUT2D eigenvalue weighted by atomic mass is 35.5. The number of carbonyl (C=O) groups excluding carboxylic acids is 1. The van der Waals surface area contributed by atoms with E-state index in [0.29, 0.717) is 26.0 Å². The second-order valence-corrected chi connectivity index (χ2v) is 4.08. The van der Waals surface area contributed by atoms with Crippen LogP contribution in [0.15, 0.2) is 24.3 Å².